The number of amides is 1. The molecule has 1 saturated carbocycles. The number of nitrogens with one attached hydrogen (secondary N) is 2. The molecule has 0 spiro atoms. The number of nitriles is 1. The van der Waals surface area contributed by atoms with Crippen molar-refractivity contribution in [3.05, 3.63) is 48.6 Å². The Morgan fingerprint density at radius 1 is 1.25 bits per heavy atom. The number of fused-ring (bicyclic) bond motifs is 3. The second kappa shape index (κ2) is 8.75. The molecule has 5 rings (SSSR count). The summed E-state index contributed by atoms with van der Waals surface area (Å²) < 4.78 is 2.25. The lowest BCUT2D eigenvalue weighted by Gasteiger charge is -2.30. The summed E-state index contributed by atoms with van der Waals surface area (Å²) >= 11 is 0. The van der Waals surface area contributed by atoms with Gasteiger partial charge in [-0.3, -0.25) is 4.79 Å². The molecule has 4 heterocycles. The SMILES string of the molecule is N#CC[C@H]1CC[C@H](n2c(CC(=O)NCc3ccncn3)nc3cnc4[nH]ccc4c32)CC1. The molecule has 9 heteroatoms. The minimum atomic E-state index is -0.100. The van der Waals surface area contributed by atoms with Gasteiger partial charge in [0.2, 0.25) is 5.91 Å². The summed E-state index contributed by atoms with van der Waals surface area (Å²) in [7, 11) is 0. The first kappa shape index (κ1) is 20.1. The van der Waals surface area contributed by atoms with Crippen LogP contribution in [0.5, 0.6) is 0 Å². The van der Waals surface area contributed by atoms with Gasteiger partial charge in [0.15, 0.2) is 0 Å². The standard InChI is InChI=1S/C23H24N8O/c24-8-5-15-1-3-17(4-2-15)31-20(11-21(32)27-12-16-6-9-25-14-29-16)30-19-13-28-23-18(22(19)31)7-10-26-23/h6-7,9-10,13-15,17H,1-5,11-12H2,(H,26,28)(H,27,32)/t15-,17-. The molecule has 32 heavy (non-hydrogen) atoms. The highest BCUT2D eigenvalue weighted by molar-refractivity contribution is 6.01. The van der Waals surface area contributed by atoms with Gasteiger partial charge in [-0.15, -0.1) is 0 Å². The summed E-state index contributed by atoms with van der Waals surface area (Å²) in [4.78, 5) is 33.3. The highest BCUT2D eigenvalue weighted by Crippen LogP contribution is 2.37. The van der Waals surface area contributed by atoms with Crippen molar-refractivity contribution in [2.45, 2.75) is 51.1 Å². The first-order valence-corrected chi connectivity index (χ1v) is 10.9. The van der Waals surface area contributed by atoms with Crippen molar-refractivity contribution in [2.24, 2.45) is 5.92 Å². The molecule has 0 saturated heterocycles. The summed E-state index contributed by atoms with van der Waals surface area (Å²) in [6.07, 6.45) is 11.6. The summed E-state index contributed by atoms with van der Waals surface area (Å²) in [6.45, 7) is 0.352. The minimum Gasteiger partial charge on any atom is -0.350 e. The maximum Gasteiger partial charge on any atom is 0.227 e. The third kappa shape index (κ3) is 3.91. The van der Waals surface area contributed by atoms with Crippen LogP contribution in [0.3, 0.4) is 0 Å². The second-order valence-corrected chi connectivity index (χ2v) is 8.32. The number of hydrogen-bond donors (Lipinski definition) is 2. The molecule has 1 amide bonds. The van der Waals surface area contributed by atoms with E-state index in [2.05, 4.69) is 35.9 Å². The number of pyridine rings is 1. The van der Waals surface area contributed by atoms with Crippen LogP contribution < -0.4 is 5.32 Å². The number of rotatable bonds is 6. The Morgan fingerprint density at radius 2 is 2.12 bits per heavy atom. The van der Waals surface area contributed by atoms with Crippen molar-refractivity contribution >= 4 is 28.0 Å². The van der Waals surface area contributed by atoms with Crippen molar-refractivity contribution in [2.75, 3.05) is 0 Å². The Balaban J connectivity index is 1.44. The van der Waals surface area contributed by atoms with Crippen LogP contribution in [0, 0.1) is 17.2 Å². The topological polar surface area (TPSA) is 125 Å². The third-order valence-corrected chi connectivity index (χ3v) is 6.30. The number of carbonyl (C=O) groups is 1. The van der Waals surface area contributed by atoms with Crippen molar-refractivity contribution in [1.82, 2.24) is 34.8 Å². The second-order valence-electron chi connectivity index (χ2n) is 8.32. The number of imidazole rings is 1. The largest absolute Gasteiger partial charge is 0.350 e. The van der Waals surface area contributed by atoms with Crippen LogP contribution >= 0.6 is 0 Å². The molecule has 0 radical (unpaired) electrons. The molecule has 2 N–H and O–H groups in total. The van der Waals surface area contributed by atoms with Crippen LogP contribution in [0.25, 0.3) is 22.1 Å². The molecule has 4 aromatic rings. The summed E-state index contributed by atoms with van der Waals surface area (Å²) in [5.74, 6) is 1.11. The van der Waals surface area contributed by atoms with Gasteiger partial charge in [0.1, 0.15) is 23.3 Å². The van der Waals surface area contributed by atoms with Crippen molar-refractivity contribution in [3.8, 4) is 6.07 Å². The molecule has 4 aromatic heterocycles. The molecule has 1 aliphatic rings. The number of carbonyl (C=O) groups excluding carboxylic acids is 1. The fourth-order valence-corrected chi connectivity index (χ4v) is 4.71. The monoisotopic (exact) mass is 428 g/mol. The molecule has 9 nitrogen and oxygen atoms in total. The lowest BCUT2D eigenvalue weighted by molar-refractivity contribution is -0.120. The highest BCUT2D eigenvalue weighted by atomic mass is 16.1. The number of H-pyrrole nitrogens is 1. The molecule has 0 unspecified atom stereocenters. The van der Waals surface area contributed by atoms with E-state index in [9.17, 15) is 4.79 Å². The zero-order valence-corrected chi connectivity index (χ0v) is 17.7. The summed E-state index contributed by atoms with van der Waals surface area (Å²) in [6, 6.07) is 6.36. The maximum absolute atomic E-state index is 12.8. The molecule has 0 bridgehead atoms. The molecule has 0 aliphatic heterocycles. The van der Waals surface area contributed by atoms with E-state index in [0.29, 0.717) is 18.9 Å². The predicted molar refractivity (Wildman–Crippen MR) is 118 cm³/mol. The maximum atomic E-state index is 12.8. The smallest absolute Gasteiger partial charge is 0.227 e. The van der Waals surface area contributed by atoms with E-state index >= 15 is 0 Å². The normalized spacial score (nSPS) is 18.6. The number of aromatic nitrogens is 6. The number of hydrogen-bond acceptors (Lipinski definition) is 6. The average molecular weight is 429 g/mol. The molecule has 162 valence electrons. The zero-order chi connectivity index (χ0) is 21.9. The molecule has 0 atom stereocenters. The van der Waals surface area contributed by atoms with E-state index in [1.165, 1.54) is 6.33 Å². The van der Waals surface area contributed by atoms with Crippen molar-refractivity contribution in [1.29, 1.82) is 5.26 Å². The first-order chi connectivity index (χ1) is 15.7. The van der Waals surface area contributed by atoms with E-state index in [-0.39, 0.29) is 18.4 Å². The van der Waals surface area contributed by atoms with E-state index in [4.69, 9.17) is 10.2 Å². The number of aromatic amines is 1. The quantitative estimate of drug-likeness (QED) is 0.486. The fourth-order valence-electron chi connectivity index (χ4n) is 4.71. The Hall–Kier alpha value is -3.80. The molecular formula is C23H24N8O. The van der Waals surface area contributed by atoms with Crippen molar-refractivity contribution in [3.63, 3.8) is 0 Å². The molecular weight excluding hydrogens is 404 g/mol. The van der Waals surface area contributed by atoms with Gasteiger partial charge in [-0.1, -0.05) is 0 Å². The molecule has 0 aromatic carbocycles. The Kier molecular flexibility index (Phi) is 5.50. The Morgan fingerprint density at radius 3 is 2.91 bits per heavy atom. The molecule has 1 fully saturated rings. The van der Waals surface area contributed by atoms with Crippen LogP contribution in [0.15, 0.2) is 37.1 Å². The van der Waals surface area contributed by atoms with Gasteiger partial charge in [0.05, 0.1) is 36.4 Å². The van der Waals surface area contributed by atoms with E-state index in [1.54, 1.807) is 18.5 Å². The van der Waals surface area contributed by atoms with Crippen molar-refractivity contribution < 1.29 is 4.79 Å². The van der Waals surface area contributed by atoms with Crippen LogP contribution in [0.4, 0.5) is 0 Å². The lowest BCUT2D eigenvalue weighted by Crippen LogP contribution is -2.27. The lowest BCUT2D eigenvalue weighted by atomic mass is 9.84. The summed E-state index contributed by atoms with van der Waals surface area (Å²) in [5, 5.41) is 13.0. The van der Waals surface area contributed by atoms with Crippen LogP contribution in [0.1, 0.15) is 49.7 Å². The van der Waals surface area contributed by atoms with Gasteiger partial charge in [0, 0.05) is 30.2 Å². The van der Waals surface area contributed by atoms with Gasteiger partial charge in [-0.25, -0.2) is 19.9 Å². The summed E-state index contributed by atoms with van der Waals surface area (Å²) in [5.41, 5.74) is 3.40. The Bertz CT molecular complexity index is 1280. The minimum absolute atomic E-state index is 0.100. The van der Waals surface area contributed by atoms with Gasteiger partial charge in [-0.2, -0.15) is 5.26 Å². The fraction of sp³-hybridized carbons (Fsp3) is 0.391. The molecule has 1 aliphatic carbocycles. The average Bonchev–Trinajstić information content (AvgIpc) is 3.43. The first-order valence-electron chi connectivity index (χ1n) is 10.9. The van der Waals surface area contributed by atoms with E-state index in [0.717, 1.165) is 59.3 Å². The zero-order valence-electron chi connectivity index (χ0n) is 17.7. The van der Waals surface area contributed by atoms with Crippen LogP contribution in [0.2, 0.25) is 0 Å². The van der Waals surface area contributed by atoms with Gasteiger partial charge in [0.25, 0.3) is 0 Å². The van der Waals surface area contributed by atoms with Gasteiger partial charge >= 0.3 is 0 Å². The van der Waals surface area contributed by atoms with Crippen LogP contribution in [-0.2, 0) is 17.8 Å². The van der Waals surface area contributed by atoms with E-state index < -0.39 is 0 Å². The Labute approximate surface area is 184 Å². The predicted octanol–water partition coefficient (Wildman–Crippen LogP) is 3.21. The number of nitrogens with zero attached hydrogens (tertiary/aromatic N) is 6. The van der Waals surface area contributed by atoms with E-state index in [1.807, 2.05) is 12.3 Å². The highest BCUT2D eigenvalue weighted by Gasteiger charge is 2.27. The van der Waals surface area contributed by atoms with Gasteiger partial charge in [-0.05, 0) is 43.7 Å². The van der Waals surface area contributed by atoms with Crippen LogP contribution in [-0.4, -0.2) is 35.4 Å². The third-order valence-electron chi connectivity index (χ3n) is 6.30. The van der Waals surface area contributed by atoms with Gasteiger partial charge < -0.3 is 14.9 Å².